The highest BCUT2D eigenvalue weighted by Crippen LogP contribution is 2.45. The van der Waals surface area contributed by atoms with Gasteiger partial charge in [0.15, 0.2) is 0 Å². The van der Waals surface area contributed by atoms with Gasteiger partial charge in [-0.15, -0.1) is 0 Å². The number of aliphatic hydroxyl groups excluding tert-OH is 1. The van der Waals surface area contributed by atoms with Crippen LogP contribution in [0, 0.1) is 5.82 Å². The van der Waals surface area contributed by atoms with E-state index in [4.69, 9.17) is 4.74 Å². The van der Waals surface area contributed by atoms with E-state index in [0.717, 1.165) is 31.2 Å². The fourth-order valence-corrected chi connectivity index (χ4v) is 3.46. The van der Waals surface area contributed by atoms with Crippen molar-refractivity contribution in [1.29, 1.82) is 0 Å². The molecular formula is C16H21FO2. The molecule has 3 rings (SSSR count). The molecule has 1 aromatic carbocycles. The van der Waals surface area contributed by atoms with Gasteiger partial charge in [-0.2, -0.15) is 0 Å². The van der Waals surface area contributed by atoms with Crippen molar-refractivity contribution in [2.45, 2.75) is 63.1 Å². The zero-order chi connectivity index (χ0) is 13.3. The number of fused-ring (bicyclic) bond motifs is 1. The van der Waals surface area contributed by atoms with Crippen LogP contribution >= 0.6 is 0 Å². The second-order valence-corrected chi connectivity index (χ2v) is 5.95. The molecule has 1 saturated carbocycles. The molecule has 0 amide bonds. The molecule has 2 nitrogen and oxygen atoms in total. The average molecular weight is 264 g/mol. The summed E-state index contributed by atoms with van der Waals surface area (Å²) in [6.45, 7) is 0. The van der Waals surface area contributed by atoms with Gasteiger partial charge in [0.05, 0.1) is 6.10 Å². The first-order valence-corrected chi connectivity index (χ1v) is 7.35. The lowest BCUT2D eigenvalue weighted by Crippen LogP contribution is -2.41. The summed E-state index contributed by atoms with van der Waals surface area (Å²) >= 11 is 0. The standard InChI is InChI=1S/C16H21FO2/c17-12-6-7-13-14(18)11-16(19-15(13)10-12)8-4-2-1-3-5-9-16/h6-7,10,14,18H,1-5,8-9,11H2/t14-/m0/s1. The van der Waals surface area contributed by atoms with Gasteiger partial charge in [-0.1, -0.05) is 19.3 Å². The fraction of sp³-hybridized carbons (Fsp3) is 0.625. The molecule has 1 atom stereocenters. The van der Waals surface area contributed by atoms with Crippen LogP contribution in [0.15, 0.2) is 18.2 Å². The summed E-state index contributed by atoms with van der Waals surface area (Å²) in [6.07, 6.45) is 8.10. The molecule has 104 valence electrons. The number of rotatable bonds is 0. The van der Waals surface area contributed by atoms with Crippen molar-refractivity contribution in [2.75, 3.05) is 0 Å². The van der Waals surface area contributed by atoms with Crippen molar-refractivity contribution >= 4 is 0 Å². The van der Waals surface area contributed by atoms with Crippen LogP contribution < -0.4 is 4.74 Å². The highest BCUT2D eigenvalue weighted by atomic mass is 19.1. The molecule has 0 saturated heterocycles. The van der Waals surface area contributed by atoms with Gasteiger partial charge in [-0.3, -0.25) is 0 Å². The van der Waals surface area contributed by atoms with Crippen molar-refractivity contribution < 1.29 is 14.2 Å². The van der Waals surface area contributed by atoms with E-state index in [9.17, 15) is 9.50 Å². The molecule has 1 aromatic rings. The third kappa shape index (κ3) is 2.62. The molecule has 1 N–H and O–H groups in total. The van der Waals surface area contributed by atoms with Crippen molar-refractivity contribution in [3.63, 3.8) is 0 Å². The summed E-state index contributed by atoms with van der Waals surface area (Å²) in [6, 6.07) is 4.45. The van der Waals surface area contributed by atoms with Crippen LogP contribution in [-0.2, 0) is 0 Å². The summed E-state index contributed by atoms with van der Waals surface area (Å²) in [7, 11) is 0. The maximum atomic E-state index is 13.4. The number of hydrogen-bond donors (Lipinski definition) is 1. The Morgan fingerprint density at radius 3 is 2.53 bits per heavy atom. The predicted octanol–water partition coefficient (Wildman–Crippen LogP) is 4.12. The van der Waals surface area contributed by atoms with Gasteiger partial charge in [0.25, 0.3) is 0 Å². The van der Waals surface area contributed by atoms with Crippen LogP contribution in [0.2, 0.25) is 0 Å². The van der Waals surface area contributed by atoms with E-state index in [-0.39, 0.29) is 11.4 Å². The van der Waals surface area contributed by atoms with Crippen LogP contribution in [0.1, 0.15) is 63.0 Å². The Bertz CT molecular complexity index is 450. The van der Waals surface area contributed by atoms with Crippen LogP contribution in [0.5, 0.6) is 5.75 Å². The SMILES string of the molecule is O[C@H]1CC2(CCCCCCC2)Oc2cc(F)ccc21. The molecule has 1 aliphatic carbocycles. The molecule has 1 heterocycles. The number of benzene rings is 1. The van der Waals surface area contributed by atoms with Crippen LogP contribution in [0.3, 0.4) is 0 Å². The second kappa shape index (κ2) is 5.12. The fourth-order valence-electron chi connectivity index (χ4n) is 3.46. The monoisotopic (exact) mass is 264 g/mol. The lowest BCUT2D eigenvalue weighted by molar-refractivity contribution is -0.0315. The molecule has 1 spiro atoms. The van der Waals surface area contributed by atoms with Crippen molar-refractivity contribution in [3.05, 3.63) is 29.6 Å². The minimum Gasteiger partial charge on any atom is -0.487 e. The summed E-state index contributed by atoms with van der Waals surface area (Å²) in [4.78, 5) is 0. The predicted molar refractivity (Wildman–Crippen MR) is 71.7 cm³/mol. The number of halogens is 1. The molecule has 0 bridgehead atoms. The molecule has 19 heavy (non-hydrogen) atoms. The molecule has 1 fully saturated rings. The number of aliphatic hydroxyl groups is 1. The van der Waals surface area contributed by atoms with Crippen molar-refractivity contribution in [3.8, 4) is 5.75 Å². The Labute approximate surface area is 113 Å². The van der Waals surface area contributed by atoms with E-state index in [0.29, 0.717) is 12.2 Å². The van der Waals surface area contributed by atoms with E-state index in [1.165, 1.54) is 31.4 Å². The first kappa shape index (κ1) is 12.9. The maximum Gasteiger partial charge on any atom is 0.128 e. The van der Waals surface area contributed by atoms with Gasteiger partial charge < -0.3 is 9.84 Å². The highest BCUT2D eigenvalue weighted by Gasteiger charge is 2.40. The van der Waals surface area contributed by atoms with E-state index in [1.807, 2.05) is 0 Å². The smallest absolute Gasteiger partial charge is 0.128 e. The minimum absolute atomic E-state index is 0.277. The molecule has 2 aliphatic rings. The van der Waals surface area contributed by atoms with E-state index >= 15 is 0 Å². The summed E-state index contributed by atoms with van der Waals surface area (Å²) in [5, 5.41) is 10.3. The van der Waals surface area contributed by atoms with Crippen molar-refractivity contribution in [2.24, 2.45) is 0 Å². The topological polar surface area (TPSA) is 29.5 Å². The number of ether oxygens (including phenoxy) is 1. The van der Waals surface area contributed by atoms with Gasteiger partial charge in [0.2, 0.25) is 0 Å². The molecule has 1 aliphatic heterocycles. The van der Waals surface area contributed by atoms with Gasteiger partial charge in [-0.05, 0) is 37.8 Å². The summed E-state index contributed by atoms with van der Waals surface area (Å²) < 4.78 is 19.5. The van der Waals surface area contributed by atoms with Gasteiger partial charge >= 0.3 is 0 Å². The lowest BCUT2D eigenvalue weighted by atomic mass is 9.79. The molecule has 0 radical (unpaired) electrons. The second-order valence-electron chi connectivity index (χ2n) is 5.95. The Morgan fingerprint density at radius 2 is 1.79 bits per heavy atom. The zero-order valence-corrected chi connectivity index (χ0v) is 11.2. The Balaban J connectivity index is 1.89. The molecule has 0 aromatic heterocycles. The van der Waals surface area contributed by atoms with E-state index in [2.05, 4.69) is 0 Å². The normalized spacial score (nSPS) is 26.1. The molecule has 0 unspecified atom stereocenters. The van der Waals surface area contributed by atoms with Crippen LogP contribution in [0.4, 0.5) is 4.39 Å². The maximum absolute atomic E-state index is 13.4. The highest BCUT2D eigenvalue weighted by molar-refractivity contribution is 5.38. The molecule has 3 heteroatoms. The van der Waals surface area contributed by atoms with Gasteiger partial charge in [0, 0.05) is 18.1 Å². The first-order chi connectivity index (χ1) is 9.19. The number of hydrogen-bond acceptors (Lipinski definition) is 2. The van der Waals surface area contributed by atoms with E-state index < -0.39 is 6.10 Å². The third-order valence-electron chi connectivity index (χ3n) is 4.49. The van der Waals surface area contributed by atoms with Gasteiger partial charge in [-0.25, -0.2) is 4.39 Å². The largest absolute Gasteiger partial charge is 0.487 e. The minimum atomic E-state index is -0.524. The quantitative estimate of drug-likeness (QED) is 0.763. The summed E-state index contributed by atoms with van der Waals surface area (Å²) in [5.74, 6) is 0.244. The van der Waals surface area contributed by atoms with E-state index in [1.54, 1.807) is 6.07 Å². The van der Waals surface area contributed by atoms with Crippen LogP contribution in [-0.4, -0.2) is 10.7 Å². The first-order valence-electron chi connectivity index (χ1n) is 7.35. The molecular weight excluding hydrogens is 243 g/mol. The van der Waals surface area contributed by atoms with Gasteiger partial charge in [0.1, 0.15) is 17.2 Å². The Morgan fingerprint density at radius 1 is 1.11 bits per heavy atom. The third-order valence-corrected chi connectivity index (χ3v) is 4.49. The average Bonchev–Trinajstić information content (AvgIpc) is 2.34. The Kier molecular flexibility index (Phi) is 3.48. The lowest BCUT2D eigenvalue weighted by Gasteiger charge is -2.42. The zero-order valence-electron chi connectivity index (χ0n) is 11.2. The van der Waals surface area contributed by atoms with Crippen molar-refractivity contribution in [1.82, 2.24) is 0 Å². The van der Waals surface area contributed by atoms with Crippen LogP contribution in [0.25, 0.3) is 0 Å². The summed E-state index contributed by atoms with van der Waals surface area (Å²) in [5.41, 5.74) is 0.453. The Hall–Kier alpha value is -1.09.